The van der Waals surface area contributed by atoms with E-state index in [1.165, 1.54) is 11.3 Å². The summed E-state index contributed by atoms with van der Waals surface area (Å²) in [5, 5.41) is 5.34. The minimum atomic E-state index is 0.699. The summed E-state index contributed by atoms with van der Waals surface area (Å²) in [6.45, 7) is 0. The summed E-state index contributed by atoms with van der Waals surface area (Å²) < 4.78 is 1.40. The van der Waals surface area contributed by atoms with Crippen LogP contribution in [0.2, 0.25) is 0 Å². The molecule has 0 bridgehead atoms. The van der Waals surface area contributed by atoms with E-state index in [2.05, 4.69) is 15.2 Å². The van der Waals surface area contributed by atoms with Crippen molar-refractivity contribution in [2.45, 2.75) is 0 Å². The van der Waals surface area contributed by atoms with Crippen LogP contribution in [0.15, 0.2) is 24.5 Å². The van der Waals surface area contributed by atoms with Gasteiger partial charge in [-0.3, -0.25) is 10.2 Å². The van der Waals surface area contributed by atoms with Gasteiger partial charge in [-0.2, -0.15) is 0 Å². The molecule has 0 spiro atoms. The van der Waals surface area contributed by atoms with Crippen molar-refractivity contribution in [2.24, 2.45) is 0 Å². The molecular formula is C6H7N3S3. The number of aromatic amines is 3. The number of aromatic nitrogens is 3. The predicted molar refractivity (Wildman–Crippen MR) is 55.5 cm³/mol. The molecule has 0 aromatic carbocycles. The predicted octanol–water partition coefficient (Wildman–Crippen LogP) is 2.88. The molecule has 0 amide bonds. The molecule has 0 unspecified atom stereocenters. The number of hydrogen-bond donors (Lipinski definition) is 3. The Bertz CT molecular complexity index is 352. The normalized spacial score (nSPS) is 8.67. The van der Waals surface area contributed by atoms with Gasteiger partial charge in [0.15, 0.2) is 7.91 Å². The Kier molecular flexibility index (Phi) is 3.92. The Balaban J connectivity index is 0.000000127. The fourth-order valence-corrected chi connectivity index (χ4v) is 1.65. The van der Waals surface area contributed by atoms with E-state index in [9.17, 15) is 0 Å². The third kappa shape index (κ3) is 3.61. The zero-order valence-corrected chi connectivity index (χ0v) is 8.48. The molecule has 0 atom stereocenters. The number of H-pyrrole nitrogens is 3. The highest BCUT2D eigenvalue weighted by molar-refractivity contribution is 7.75. The molecular weight excluding hydrogens is 210 g/mol. The molecule has 3 nitrogen and oxygen atoms in total. The van der Waals surface area contributed by atoms with Crippen molar-refractivity contribution in [3.05, 3.63) is 32.4 Å². The highest BCUT2D eigenvalue weighted by Crippen LogP contribution is 1.94. The van der Waals surface area contributed by atoms with E-state index in [0.717, 1.165) is 0 Å². The number of rotatable bonds is 0. The second kappa shape index (κ2) is 5.02. The first-order valence-corrected chi connectivity index (χ1v) is 4.78. The molecule has 12 heavy (non-hydrogen) atoms. The molecule has 2 rings (SSSR count). The average Bonchev–Trinajstić information content (AvgIpc) is 2.63. The van der Waals surface area contributed by atoms with Crippen molar-refractivity contribution in [3.8, 4) is 0 Å². The zero-order chi connectivity index (χ0) is 8.81. The fraction of sp³-hybridized carbons (Fsp3) is 0. The second-order valence-corrected chi connectivity index (χ2v) is 4.17. The van der Waals surface area contributed by atoms with Crippen LogP contribution >= 0.6 is 35.8 Å². The van der Waals surface area contributed by atoms with Gasteiger partial charge in [-0.1, -0.05) is 11.3 Å². The minimum absolute atomic E-state index is 0.699. The molecule has 64 valence electrons. The fourth-order valence-electron chi connectivity index (χ4n) is 0.515. The van der Waals surface area contributed by atoms with Gasteiger partial charge in [-0.05, 0) is 36.6 Å². The van der Waals surface area contributed by atoms with Gasteiger partial charge in [0.1, 0.15) is 0 Å². The van der Waals surface area contributed by atoms with Crippen LogP contribution in [0.4, 0.5) is 0 Å². The van der Waals surface area contributed by atoms with Gasteiger partial charge in [0, 0.05) is 12.4 Å². The summed E-state index contributed by atoms with van der Waals surface area (Å²) in [5.74, 6) is 0. The highest BCUT2D eigenvalue weighted by atomic mass is 32.2. The highest BCUT2D eigenvalue weighted by Gasteiger charge is 1.74. The van der Waals surface area contributed by atoms with Crippen molar-refractivity contribution in [3.63, 3.8) is 0 Å². The van der Waals surface area contributed by atoms with Crippen LogP contribution in [0.1, 0.15) is 0 Å². The molecule has 0 fully saturated rings. The molecule has 2 aromatic heterocycles. The van der Waals surface area contributed by atoms with Gasteiger partial charge in [0.25, 0.3) is 0 Å². The lowest BCUT2D eigenvalue weighted by Crippen LogP contribution is -1.60. The van der Waals surface area contributed by atoms with Gasteiger partial charge >= 0.3 is 0 Å². The van der Waals surface area contributed by atoms with Crippen molar-refractivity contribution in [2.75, 3.05) is 0 Å². The Morgan fingerprint density at radius 2 is 1.50 bits per heavy atom. The maximum Gasteiger partial charge on any atom is 0.175 e. The van der Waals surface area contributed by atoms with Crippen molar-refractivity contribution < 1.29 is 0 Å². The maximum absolute atomic E-state index is 4.70. The Morgan fingerprint density at radius 3 is 1.67 bits per heavy atom. The molecule has 3 N–H and O–H groups in total. The van der Waals surface area contributed by atoms with Gasteiger partial charge in [-0.15, -0.1) is 0 Å². The quantitative estimate of drug-likeness (QED) is 0.594. The van der Waals surface area contributed by atoms with E-state index in [4.69, 9.17) is 24.4 Å². The van der Waals surface area contributed by atoms with Crippen LogP contribution in [-0.2, 0) is 0 Å². The van der Waals surface area contributed by atoms with E-state index in [1.807, 2.05) is 24.5 Å². The van der Waals surface area contributed by atoms with Gasteiger partial charge in [-0.25, -0.2) is 0 Å². The molecule has 6 heteroatoms. The maximum atomic E-state index is 4.70. The summed E-state index contributed by atoms with van der Waals surface area (Å²) in [7, 11) is 0. The molecule has 2 heterocycles. The van der Waals surface area contributed by atoms with Crippen LogP contribution < -0.4 is 0 Å². The van der Waals surface area contributed by atoms with Crippen LogP contribution in [-0.4, -0.2) is 15.2 Å². The standard InChI is InChI=1S/C4H5N.C2H2N2S3/c1-2-4-5-3-1;5-1-3-4-2(6)7-1/h1-5H;(H,3,5)(H,4,6). The van der Waals surface area contributed by atoms with E-state index in [1.54, 1.807) is 0 Å². The molecule has 0 aliphatic heterocycles. The zero-order valence-electron chi connectivity index (χ0n) is 6.03. The Hall–Kier alpha value is -0.720. The SMILES string of the molecule is S=c1[nH][nH]c(=S)s1.c1cc[nH]c1. The van der Waals surface area contributed by atoms with Crippen LogP contribution in [0.25, 0.3) is 0 Å². The molecule has 0 aliphatic rings. The number of nitrogens with one attached hydrogen (secondary N) is 3. The first-order chi connectivity index (χ1) is 5.79. The molecule has 0 saturated heterocycles. The first kappa shape index (κ1) is 9.37. The third-order valence-electron chi connectivity index (χ3n) is 0.948. The van der Waals surface area contributed by atoms with E-state index >= 15 is 0 Å². The third-order valence-corrected chi connectivity index (χ3v) is 2.23. The van der Waals surface area contributed by atoms with Crippen molar-refractivity contribution in [1.82, 2.24) is 15.2 Å². The van der Waals surface area contributed by atoms with Gasteiger partial charge < -0.3 is 4.98 Å². The Labute approximate surface area is 83.5 Å². The Morgan fingerprint density at radius 1 is 1.00 bits per heavy atom. The average molecular weight is 217 g/mol. The molecule has 2 aromatic rings. The first-order valence-electron chi connectivity index (χ1n) is 3.14. The summed E-state index contributed by atoms with van der Waals surface area (Å²) in [4.78, 5) is 2.86. The van der Waals surface area contributed by atoms with Gasteiger partial charge in [0.2, 0.25) is 0 Å². The van der Waals surface area contributed by atoms with E-state index < -0.39 is 0 Å². The van der Waals surface area contributed by atoms with Crippen LogP contribution in [0, 0.1) is 7.91 Å². The largest absolute Gasteiger partial charge is 0.368 e. The molecule has 0 radical (unpaired) electrons. The lowest BCUT2D eigenvalue weighted by Gasteiger charge is -1.57. The lowest BCUT2D eigenvalue weighted by atomic mass is 10.7. The molecule has 0 saturated carbocycles. The van der Waals surface area contributed by atoms with E-state index in [0.29, 0.717) is 7.91 Å². The van der Waals surface area contributed by atoms with Crippen molar-refractivity contribution >= 4 is 35.8 Å². The smallest absolute Gasteiger partial charge is 0.175 e. The van der Waals surface area contributed by atoms with Crippen LogP contribution in [0.5, 0.6) is 0 Å². The summed E-state index contributed by atoms with van der Waals surface area (Å²) in [5.41, 5.74) is 0. The summed E-state index contributed by atoms with van der Waals surface area (Å²) >= 11 is 10.8. The van der Waals surface area contributed by atoms with Gasteiger partial charge in [0.05, 0.1) is 0 Å². The minimum Gasteiger partial charge on any atom is -0.368 e. The lowest BCUT2D eigenvalue weighted by molar-refractivity contribution is 1.07. The monoisotopic (exact) mass is 217 g/mol. The summed E-state index contributed by atoms with van der Waals surface area (Å²) in [6.07, 6.45) is 3.75. The topological polar surface area (TPSA) is 47.4 Å². The van der Waals surface area contributed by atoms with Crippen molar-refractivity contribution in [1.29, 1.82) is 0 Å². The van der Waals surface area contributed by atoms with E-state index in [-0.39, 0.29) is 0 Å². The number of hydrogen-bond acceptors (Lipinski definition) is 3. The van der Waals surface area contributed by atoms with Crippen LogP contribution in [0.3, 0.4) is 0 Å². The summed E-state index contributed by atoms with van der Waals surface area (Å²) in [6, 6.07) is 3.89. The second-order valence-electron chi connectivity index (χ2n) is 1.81. The molecule has 0 aliphatic carbocycles.